The number of carbonyl (C=O) groups is 1. The van der Waals surface area contributed by atoms with E-state index in [2.05, 4.69) is 20.5 Å². The zero-order valence-electron chi connectivity index (χ0n) is 15.2. The van der Waals surface area contributed by atoms with Crippen LogP contribution in [0.5, 0.6) is 11.5 Å². The molecule has 146 valence electrons. The summed E-state index contributed by atoms with van der Waals surface area (Å²) in [6.45, 7) is 2.40. The van der Waals surface area contributed by atoms with E-state index >= 15 is 0 Å². The second-order valence-corrected chi connectivity index (χ2v) is 6.08. The molecule has 1 aromatic carbocycles. The van der Waals surface area contributed by atoms with Crippen LogP contribution in [0.3, 0.4) is 0 Å². The molecule has 9 heteroatoms. The van der Waals surface area contributed by atoms with Crippen LogP contribution in [0.15, 0.2) is 23.2 Å². The average molecular weight is 477 g/mol. The van der Waals surface area contributed by atoms with Crippen molar-refractivity contribution >= 4 is 35.8 Å². The maximum absolute atomic E-state index is 11.0. The van der Waals surface area contributed by atoms with Crippen LogP contribution in [0.25, 0.3) is 0 Å². The Morgan fingerprint density at radius 2 is 2.12 bits per heavy atom. The number of likely N-dealkylation sites (tertiary alicyclic amines) is 1. The summed E-state index contributed by atoms with van der Waals surface area (Å²) in [6.07, 6.45) is 1.83. The van der Waals surface area contributed by atoms with Gasteiger partial charge in [0.05, 0.1) is 13.7 Å². The third kappa shape index (κ3) is 6.87. The Bertz CT molecular complexity index is 618. The molecule has 0 atom stereocenters. The molecular weight excluding hydrogens is 449 g/mol. The summed E-state index contributed by atoms with van der Waals surface area (Å²) in [4.78, 5) is 17.3. The number of hydrogen-bond acceptors (Lipinski definition) is 5. The highest BCUT2D eigenvalue weighted by atomic mass is 127. The Balaban J connectivity index is 0.00000338. The zero-order chi connectivity index (χ0) is 18.2. The van der Waals surface area contributed by atoms with Crippen LogP contribution in [0.2, 0.25) is 0 Å². The van der Waals surface area contributed by atoms with E-state index in [9.17, 15) is 9.90 Å². The van der Waals surface area contributed by atoms with E-state index in [-0.39, 0.29) is 41.7 Å². The van der Waals surface area contributed by atoms with Crippen molar-refractivity contribution in [2.45, 2.75) is 25.4 Å². The number of aliphatic imine (C=N–C) groups is 1. The van der Waals surface area contributed by atoms with Crippen molar-refractivity contribution in [1.82, 2.24) is 15.5 Å². The van der Waals surface area contributed by atoms with Crippen molar-refractivity contribution in [2.24, 2.45) is 10.7 Å². The van der Waals surface area contributed by atoms with Gasteiger partial charge in [-0.25, -0.2) is 0 Å². The number of nitrogens with two attached hydrogens (primary N) is 1. The summed E-state index contributed by atoms with van der Waals surface area (Å²) < 4.78 is 5.18. The molecule has 0 spiro atoms. The number of aromatic hydroxyl groups is 1. The standard InChI is InChI=1S/C17H27N5O3.HI/c1-19-17(20-10-12-9-14(25-2)3-4-15(12)23)21-13-5-7-22(8-6-13)11-16(18)24;/h3-4,9,13,23H,5-8,10-11H2,1-2H3,(H2,18,24)(H2,19,20,21);1H. The predicted molar refractivity (Wildman–Crippen MR) is 112 cm³/mol. The van der Waals surface area contributed by atoms with Gasteiger partial charge in [0.15, 0.2) is 5.96 Å². The lowest BCUT2D eigenvalue weighted by Gasteiger charge is -2.32. The highest BCUT2D eigenvalue weighted by molar-refractivity contribution is 14.0. The molecule has 8 nitrogen and oxygen atoms in total. The smallest absolute Gasteiger partial charge is 0.231 e. The molecule has 1 heterocycles. The molecule has 1 amide bonds. The molecule has 0 unspecified atom stereocenters. The molecule has 26 heavy (non-hydrogen) atoms. The number of halogens is 1. The van der Waals surface area contributed by atoms with Crippen molar-refractivity contribution < 1.29 is 14.6 Å². The highest BCUT2D eigenvalue weighted by Crippen LogP contribution is 2.22. The second-order valence-electron chi connectivity index (χ2n) is 6.08. The quantitative estimate of drug-likeness (QED) is 0.272. The van der Waals surface area contributed by atoms with Crippen LogP contribution in [0.1, 0.15) is 18.4 Å². The van der Waals surface area contributed by atoms with Crippen LogP contribution >= 0.6 is 24.0 Å². The number of nitrogens with zero attached hydrogens (tertiary/aromatic N) is 2. The molecule has 2 rings (SSSR count). The Hall–Kier alpha value is -1.75. The number of phenolic OH excluding ortho intramolecular Hbond substituents is 1. The minimum Gasteiger partial charge on any atom is -0.508 e. The molecule has 0 bridgehead atoms. The Kier molecular flexibility index (Phi) is 9.49. The fourth-order valence-electron chi connectivity index (χ4n) is 2.85. The van der Waals surface area contributed by atoms with Gasteiger partial charge in [-0.15, -0.1) is 24.0 Å². The van der Waals surface area contributed by atoms with E-state index in [0.29, 0.717) is 24.8 Å². The number of primary amides is 1. The second kappa shape index (κ2) is 11.1. The van der Waals surface area contributed by atoms with Crippen LogP contribution in [-0.4, -0.2) is 61.7 Å². The summed E-state index contributed by atoms with van der Waals surface area (Å²) in [7, 11) is 3.30. The van der Waals surface area contributed by atoms with Gasteiger partial charge in [0.1, 0.15) is 11.5 Å². The van der Waals surface area contributed by atoms with Crippen molar-refractivity contribution in [3.8, 4) is 11.5 Å². The van der Waals surface area contributed by atoms with Gasteiger partial charge >= 0.3 is 0 Å². The third-order valence-electron chi connectivity index (χ3n) is 4.26. The number of ether oxygens (including phenoxy) is 1. The Labute approximate surface area is 171 Å². The van der Waals surface area contributed by atoms with Gasteiger partial charge in [-0.2, -0.15) is 0 Å². The van der Waals surface area contributed by atoms with E-state index in [0.717, 1.165) is 31.5 Å². The summed E-state index contributed by atoms with van der Waals surface area (Å²) in [5.74, 6) is 1.29. The first-order chi connectivity index (χ1) is 12.0. The molecule has 1 saturated heterocycles. The van der Waals surface area contributed by atoms with Crippen LogP contribution in [0.4, 0.5) is 0 Å². The van der Waals surface area contributed by atoms with Crippen molar-refractivity contribution in [1.29, 1.82) is 0 Å². The number of carbonyl (C=O) groups excluding carboxylic acids is 1. The molecule has 1 fully saturated rings. The van der Waals surface area contributed by atoms with Crippen LogP contribution < -0.4 is 21.1 Å². The highest BCUT2D eigenvalue weighted by Gasteiger charge is 2.20. The number of methoxy groups -OCH3 is 1. The molecule has 0 aliphatic carbocycles. The average Bonchev–Trinajstić information content (AvgIpc) is 2.60. The van der Waals surface area contributed by atoms with E-state index in [4.69, 9.17) is 10.5 Å². The topological polar surface area (TPSA) is 112 Å². The normalized spacial score (nSPS) is 15.8. The first kappa shape index (κ1) is 22.3. The third-order valence-corrected chi connectivity index (χ3v) is 4.26. The largest absolute Gasteiger partial charge is 0.508 e. The monoisotopic (exact) mass is 477 g/mol. The number of hydrogen-bond donors (Lipinski definition) is 4. The molecule has 5 N–H and O–H groups in total. The van der Waals surface area contributed by atoms with E-state index in [1.807, 2.05) is 0 Å². The van der Waals surface area contributed by atoms with Crippen molar-refractivity contribution in [3.63, 3.8) is 0 Å². The lowest BCUT2D eigenvalue weighted by Crippen LogP contribution is -2.49. The number of phenols is 1. The van der Waals surface area contributed by atoms with E-state index in [1.165, 1.54) is 0 Å². The van der Waals surface area contributed by atoms with Gasteiger partial charge in [0, 0.05) is 38.3 Å². The minimum absolute atomic E-state index is 0. The van der Waals surface area contributed by atoms with Gasteiger partial charge in [-0.1, -0.05) is 0 Å². The Morgan fingerprint density at radius 1 is 1.42 bits per heavy atom. The molecule has 1 aliphatic heterocycles. The SMILES string of the molecule is CN=C(NCc1cc(OC)ccc1O)NC1CCN(CC(N)=O)CC1.I. The zero-order valence-corrected chi connectivity index (χ0v) is 17.5. The van der Waals surface area contributed by atoms with Gasteiger partial charge in [-0.05, 0) is 31.0 Å². The molecule has 0 radical (unpaired) electrons. The van der Waals surface area contributed by atoms with Crippen molar-refractivity contribution in [2.75, 3.05) is 33.8 Å². The van der Waals surface area contributed by atoms with Crippen LogP contribution in [-0.2, 0) is 11.3 Å². The van der Waals surface area contributed by atoms with Crippen molar-refractivity contribution in [3.05, 3.63) is 23.8 Å². The molecule has 1 aromatic rings. The number of guanidine groups is 1. The number of amides is 1. The van der Waals surface area contributed by atoms with Gasteiger partial charge < -0.3 is 26.2 Å². The van der Waals surface area contributed by atoms with Gasteiger partial charge in [0.2, 0.25) is 5.91 Å². The Morgan fingerprint density at radius 3 is 2.69 bits per heavy atom. The fraction of sp³-hybridized carbons (Fsp3) is 0.529. The number of benzene rings is 1. The van der Waals surface area contributed by atoms with Crippen LogP contribution in [0, 0.1) is 0 Å². The summed E-state index contributed by atoms with van der Waals surface area (Å²) in [6, 6.07) is 5.40. The molecular formula is C17H28IN5O3. The first-order valence-electron chi connectivity index (χ1n) is 8.35. The molecule has 1 aliphatic rings. The molecule has 0 aromatic heterocycles. The fourth-order valence-corrected chi connectivity index (χ4v) is 2.85. The minimum atomic E-state index is -0.290. The first-order valence-corrected chi connectivity index (χ1v) is 8.35. The number of nitrogens with one attached hydrogen (secondary N) is 2. The van der Waals surface area contributed by atoms with Gasteiger partial charge in [0.25, 0.3) is 0 Å². The summed E-state index contributed by atoms with van der Waals surface area (Å²) >= 11 is 0. The predicted octanol–water partition coefficient (Wildman–Crippen LogP) is 0.634. The summed E-state index contributed by atoms with van der Waals surface area (Å²) in [5.41, 5.74) is 5.97. The number of rotatable bonds is 6. The molecule has 0 saturated carbocycles. The summed E-state index contributed by atoms with van der Waals surface area (Å²) in [5, 5.41) is 16.5. The maximum Gasteiger partial charge on any atom is 0.231 e. The number of piperidine rings is 1. The lowest BCUT2D eigenvalue weighted by atomic mass is 10.1. The lowest BCUT2D eigenvalue weighted by molar-refractivity contribution is -0.119. The maximum atomic E-state index is 11.0. The van der Waals surface area contributed by atoms with Gasteiger partial charge in [-0.3, -0.25) is 14.7 Å². The van der Waals surface area contributed by atoms with E-state index < -0.39 is 0 Å². The van der Waals surface area contributed by atoms with E-state index in [1.54, 1.807) is 32.4 Å².